The Bertz CT molecular complexity index is 1330. The Morgan fingerprint density at radius 2 is 1.48 bits per heavy atom. The highest BCUT2D eigenvalue weighted by molar-refractivity contribution is 7.11. The standard InChI is InChI=1S/C33H41NO6SSi/c1-31(2,3)42(23-14-10-8-11-15-23,24-16-12-9-13-17-24)36-22-27-29-28(39-33(6,7)38-27)26(37-32(4,5)40-29)19-18-25(35)30-34-20-21-41-30/h8-21,26-29H,22H2,1-7H3/b19-18+/t26-,27-,28-,29-/m1/s1. The first kappa shape index (κ1) is 30.9. The Morgan fingerprint density at radius 3 is 2.02 bits per heavy atom. The van der Waals surface area contributed by atoms with Gasteiger partial charge in [0.1, 0.15) is 24.4 Å². The van der Waals surface area contributed by atoms with Crippen LogP contribution in [0.2, 0.25) is 5.04 Å². The van der Waals surface area contributed by atoms with E-state index >= 15 is 0 Å². The van der Waals surface area contributed by atoms with Gasteiger partial charge in [0, 0.05) is 11.6 Å². The summed E-state index contributed by atoms with van der Waals surface area (Å²) in [6.45, 7) is 14.6. The summed E-state index contributed by atoms with van der Waals surface area (Å²) in [6, 6.07) is 21.1. The molecule has 0 saturated carbocycles. The highest BCUT2D eigenvalue weighted by Crippen LogP contribution is 2.41. The zero-order chi connectivity index (χ0) is 30.2. The highest BCUT2D eigenvalue weighted by Gasteiger charge is 2.55. The molecule has 0 bridgehead atoms. The Morgan fingerprint density at radius 1 is 0.905 bits per heavy atom. The molecule has 4 atom stereocenters. The van der Waals surface area contributed by atoms with Crippen molar-refractivity contribution in [3.63, 3.8) is 0 Å². The van der Waals surface area contributed by atoms with Gasteiger partial charge < -0.3 is 23.4 Å². The van der Waals surface area contributed by atoms with Crippen molar-refractivity contribution in [2.45, 2.75) is 89.5 Å². The number of fused-ring (bicyclic) bond motifs is 1. The minimum absolute atomic E-state index is 0.174. The summed E-state index contributed by atoms with van der Waals surface area (Å²) in [6.07, 6.45) is 2.89. The predicted octanol–water partition coefficient (Wildman–Crippen LogP) is 5.50. The third-order valence-corrected chi connectivity index (χ3v) is 13.5. The minimum atomic E-state index is -2.82. The lowest BCUT2D eigenvalue weighted by Crippen LogP contribution is -2.69. The topological polar surface area (TPSA) is 76.1 Å². The monoisotopic (exact) mass is 607 g/mol. The van der Waals surface area contributed by atoms with Crippen LogP contribution in [0.4, 0.5) is 0 Å². The van der Waals surface area contributed by atoms with Crippen LogP contribution >= 0.6 is 11.3 Å². The number of nitrogens with zero attached hydrogens (tertiary/aromatic N) is 1. The number of ketones is 1. The molecule has 2 aromatic carbocycles. The van der Waals surface area contributed by atoms with Crippen molar-refractivity contribution in [2.75, 3.05) is 6.61 Å². The second-order valence-electron chi connectivity index (χ2n) is 12.7. The van der Waals surface area contributed by atoms with E-state index in [1.54, 1.807) is 17.7 Å². The molecule has 2 fully saturated rings. The van der Waals surface area contributed by atoms with E-state index in [1.807, 2.05) is 39.8 Å². The SMILES string of the molecule is CC1(C)O[C@H]2[C@H](OC(C)(C)O[C@@H]2CO[Si](c2ccccc2)(c2ccccc2)C(C)(C)C)[C@@H](/C=C/C(=O)c2nccs2)O1. The zero-order valence-corrected chi connectivity index (χ0v) is 27.2. The Kier molecular flexibility index (Phi) is 8.75. The molecule has 3 aromatic rings. The third-order valence-electron chi connectivity index (χ3n) is 7.67. The summed E-state index contributed by atoms with van der Waals surface area (Å²) < 4.78 is 33.0. The number of rotatable bonds is 8. The summed E-state index contributed by atoms with van der Waals surface area (Å²) in [5.41, 5.74) is 0. The molecule has 42 heavy (non-hydrogen) atoms. The van der Waals surface area contributed by atoms with Gasteiger partial charge in [0.2, 0.25) is 5.78 Å². The summed E-state index contributed by atoms with van der Waals surface area (Å²) in [7, 11) is -2.82. The Hall–Kier alpha value is -2.50. The largest absolute Gasteiger partial charge is 0.405 e. The molecule has 224 valence electrons. The summed E-state index contributed by atoms with van der Waals surface area (Å²) in [5, 5.41) is 4.42. The van der Waals surface area contributed by atoms with Gasteiger partial charge >= 0.3 is 0 Å². The van der Waals surface area contributed by atoms with Crippen molar-refractivity contribution in [3.8, 4) is 0 Å². The summed E-state index contributed by atoms with van der Waals surface area (Å²) in [4.78, 5) is 16.9. The van der Waals surface area contributed by atoms with Gasteiger partial charge in [-0.3, -0.25) is 4.79 Å². The van der Waals surface area contributed by atoms with E-state index in [4.69, 9.17) is 23.4 Å². The molecule has 0 amide bonds. The minimum Gasteiger partial charge on any atom is -0.405 e. The van der Waals surface area contributed by atoms with E-state index < -0.39 is 44.3 Å². The van der Waals surface area contributed by atoms with Crippen LogP contribution in [-0.2, 0) is 23.4 Å². The van der Waals surface area contributed by atoms with Crippen LogP contribution in [0.1, 0.15) is 58.3 Å². The van der Waals surface area contributed by atoms with E-state index in [9.17, 15) is 4.79 Å². The molecule has 1 aromatic heterocycles. The summed E-state index contributed by atoms with van der Waals surface area (Å²) in [5.74, 6) is -2.04. The fourth-order valence-electron chi connectivity index (χ4n) is 6.06. The van der Waals surface area contributed by atoms with E-state index in [-0.39, 0.29) is 10.8 Å². The van der Waals surface area contributed by atoms with Crippen molar-refractivity contribution >= 4 is 35.8 Å². The first-order valence-electron chi connectivity index (χ1n) is 14.4. The van der Waals surface area contributed by atoms with Gasteiger partial charge in [0.25, 0.3) is 8.32 Å². The number of carbonyl (C=O) groups is 1. The molecule has 2 aliphatic heterocycles. The lowest BCUT2D eigenvalue weighted by atomic mass is 9.97. The molecular formula is C33H41NO6SSi. The average molecular weight is 608 g/mol. The van der Waals surface area contributed by atoms with E-state index in [0.29, 0.717) is 11.6 Å². The number of carbonyl (C=O) groups excluding carboxylic acids is 1. The Balaban J connectivity index is 1.49. The number of ether oxygens (including phenoxy) is 4. The van der Waals surface area contributed by atoms with Crippen LogP contribution in [-0.4, -0.2) is 61.7 Å². The van der Waals surface area contributed by atoms with Crippen LogP contribution in [0.15, 0.2) is 84.4 Å². The smallest absolute Gasteiger partial charge is 0.261 e. The second kappa shape index (κ2) is 11.9. The molecule has 0 spiro atoms. The predicted molar refractivity (Wildman–Crippen MR) is 167 cm³/mol. The second-order valence-corrected chi connectivity index (χ2v) is 17.9. The van der Waals surface area contributed by atoms with Crippen molar-refractivity contribution in [3.05, 3.63) is 89.4 Å². The van der Waals surface area contributed by atoms with E-state index in [0.717, 1.165) is 0 Å². The van der Waals surface area contributed by atoms with Gasteiger partial charge in [-0.2, -0.15) is 0 Å². The first-order valence-corrected chi connectivity index (χ1v) is 17.2. The molecule has 3 heterocycles. The van der Waals surface area contributed by atoms with Crippen LogP contribution < -0.4 is 10.4 Å². The Labute approximate surface area is 254 Å². The fraction of sp³-hybridized carbons (Fsp3) is 0.455. The fourth-order valence-corrected chi connectivity index (χ4v) is 11.2. The highest BCUT2D eigenvalue weighted by atomic mass is 32.1. The molecule has 0 unspecified atom stereocenters. The molecule has 7 nitrogen and oxygen atoms in total. The molecule has 0 N–H and O–H groups in total. The van der Waals surface area contributed by atoms with Crippen molar-refractivity contribution in [2.24, 2.45) is 0 Å². The number of hydrogen-bond donors (Lipinski definition) is 0. The quantitative estimate of drug-likeness (QED) is 0.190. The van der Waals surface area contributed by atoms with Gasteiger partial charge in [-0.25, -0.2) is 4.98 Å². The summed E-state index contributed by atoms with van der Waals surface area (Å²) >= 11 is 1.31. The molecule has 0 aliphatic carbocycles. The van der Waals surface area contributed by atoms with Crippen LogP contribution in [0.25, 0.3) is 0 Å². The number of hydrogen-bond acceptors (Lipinski definition) is 8. The molecule has 5 rings (SSSR count). The van der Waals surface area contributed by atoms with Gasteiger partial charge in [0.05, 0.1) is 6.61 Å². The van der Waals surface area contributed by atoms with Gasteiger partial charge in [-0.15, -0.1) is 11.3 Å². The lowest BCUT2D eigenvalue weighted by Gasteiger charge is -2.54. The van der Waals surface area contributed by atoms with E-state index in [2.05, 4.69) is 74.3 Å². The molecule has 2 saturated heterocycles. The number of thiazole rings is 1. The molecule has 2 aliphatic rings. The number of allylic oxidation sites excluding steroid dienone is 1. The number of benzene rings is 2. The maximum atomic E-state index is 12.7. The maximum Gasteiger partial charge on any atom is 0.261 e. The lowest BCUT2D eigenvalue weighted by molar-refractivity contribution is -0.418. The number of aromatic nitrogens is 1. The van der Waals surface area contributed by atoms with Gasteiger partial charge in [0.15, 0.2) is 16.6 Å². The molecule has 0 radical (unpaired) electrons. The molecule has 9 heteroatoms. The third kappa shape index (κ3) is 6.38. The van der Waals surface area contributed by atoms with Crippen LogP contribution in [0.5, 0.6) is 0 Å². The van der Waals surface area contributed by atoms with Gasteiger partial charge in [-0.1, -0.05) is 81.4 Å². The van der Waals surface area contributed by atoms with Crippen molar-refractivity contribution in [1.82, 2.24) is 4.98 Å². The van der Waals surface area contributed by atoms with E-state index in [1.165, 1.54) is 27.8 Å². The van der Waals surface area contributed by atoms with Gasteiger partial charge in [-0.05, 0) is 55.3 Å². The van der Waals surface area contributed by atoms with Crippen LogP contribution in [0, 0.1) is 0 Å². The van der Waals surface area contributed by atoms with Crippen molar-refractivity contribution in [1.29, 1.82) is 0 Å². The molecular weight excluding hydrogens is 567 g/mol. The van der Waals surface area contributed by atoms with Crippen LogP contribution in [0.3, 0.4) is 0 Å². The van der Waals surface area contributed by atoms with Crippen molar-refractivity contribution < 1.29 is 28.2 Å². The first-order chi connectivity index (χ1) is 19.8. The zero-order valence-electron chi connectivity index (χ0n) is 25.4. The maximum absolute atomic E-state index is 12.7. The average Bonchev–Trinajstić information content (AvgIpc) is 3.48. The normalized spacial score (nSPS) is 25.7.